The molecule has 3 rings (SSSR count). The Balaban J connectivity index is 1.53. The molecule has 0 radical (unpaired) electrons. The first-order valence-corrected chi connectivity index (χ1v) is 11.3. The number of piperidine rings is 2. The minimum absolute atomic E-state index is 0.155. The molecule has 2 fully saturated rings. The second-order valence-electron chi connectivity index (χ2n) is 7.27. The minimum atomic E-state index is -3.73. The number of benzene rings is 1. The molecule has 2 heterocycles. The van der Waals surface area contributed by atoms with E-state index >= 15 is 0 Å². The summed E-state index contributed by atoms with van der Waals surface area (Å²) in [6.45, 7) is 3.16. The number of carbonyl (C=O) groups is 1. The fourth-order valence-corrected chi connectivity index (χ4v) is 4.78. The summed E-state index contributed by atoms with van der Waals surface area (Å²) in [4.78, 5) is 16.2. The minimum Gasteiger partial charge on any atom is -0.381 e. The Morgan fingerprint density at radius 1 is 1.07 bits per heavy atom. The number of sulfonamides is 1. The summed E-state index contributed by atoms with van der Waals surface area (Å²) < 4.78 is 32.5. The number of amides is 1. The Bertz CT molecular complexity index is 722. The Kier molecular flexibility index (Phi) is 6.59. The van der Waals surface area contributed by atoms with Gasteiger partial charge in [0.15, 0.2) is 0 Å². The fraction of sp³-hybridized carbons (Fsp3) is 0.632. The zero-order valence-corrected chi connectivity index (χ0v) is 16.7. The highest BCUT2D eigenvalue weighted by Gasteiger charge is 2.26. The molecule has 1 aromatic carbocycles. The number of nitrogens with zero attached hydrogens (tertiary/aromatic N) is 2. The van der Waals surface area contributed by atoms with Crippen LogP contribution in [0.5, 0.6) is 0 Å². The second-order valence-corrected chi connectivity index (χ2v) is 8.99. The van der Waals surface area contributed by atoms with E-state index in [4.69, 9.17) is 4.74 Å². The Morgan fingerprint density at radius 2 is 1.70 bits per heavy atom. The number of hydrogen-bond acceptors (Lipinski definition) is 5. The van der Waals surface area contributed by atoms with Crippen molar-refractivity contribution >= 4 is 27.3 Å². The van der Waals surface area contributed by atoms with Gasteiger partial charge in [-0.15, -0.1) is 0 Å². The van der Waals surface area contributed by atoms with Gasteiger partial charge in [0.25, 0.3) is 0 Å². The van der Waals surface area contributed by atoms with Crippen molar-refractivity contribution in [3.63, 3.8) is 0 Å². The maximum atomic E-state index is 12.4. The first-order valence-electron chi connectivity index (χ1n) is 9.63. The predicted octanol–water partition coefficient (Wildman–Crippen LogP) is 2.06. The fourth-order valence-electron chi connectivity index (χ4n) is 3.70. The number of methoxy groups -OCH3 is 1. The molecule has 0 aromatic heterocycles. The van der Waals surface area contributed by atoms with E-state index in [2.05, 4.69) is 9.62 Å². The van der Waals surface area contributed by atoms with Crippen molar-refractivity contribution in [2.24, 2.45) is 0 Å². The zero-order valence-electron chi connectivity index (χ0n) is 15.9. The van der Waals surface area contributed by atoms with Gasteiger partial charge in [-0.1, -0.05) is 0 Å². The first-order chi connectivity index (χ1) is 13.0. The zero-order chi connectivity index (χ0) is 19.3. The molecule has 0 aliphatic carbocycles. The molecule has 27 heavy (non-hydrogen) atoms. The molecular formula is C19H29N3O4S. The highest BCUT2D eigenvalue weighted by molar-refractivity contribution is 7.93. The number of carbonyl (C=O) groups excluding carboxylic acids is 1. The lowest BCUT2D eigenvalue weighted by Crippen LogP contribution is -2.43. The van der Waals surface area contributed by atoms with Crippen LogP contribution in [0, 0.1) is 0 Å². The van der Waals surface area contributed by atoms with E-state index in [1.807, 2.05) is 12.1 Å². The van der Waals surface area contributed by atoms with Gasteiger partial charge in [-0.05, 0) is 56.4 Å². The molecule has 1 N–H and O–H groups in total. The predicted molar refractivity (Wildman–Crippen MR) is 107 cm³/mol. The largest absolute Gasteiger partial charge is 0.381 e. The molecule has 0 bridgehead atoms. The van der Waals surface area contributed by atoms with E-state index in [0.29, 0.717) is 18.8 Å². The van der Waals surface area contributed by atoms with Crippen LogP contribution in [0.2, 0.25) is 0 Å². The van der Waals surface area contributed by atoms with E-state index < -0.39 is 15.8 Å². The SMILES string of the molecule is COC1CCN(C(=O)CS(=O)(=O)Nc2ccc(N3CCCCC3)cc2)CC1. The number of hydrogen-bond donors (Lipinski definition) is 1. The first kappa shape index (κ1) is 19.9. The van der Waals surface area contributed by atoms with Crippen molar-refractivity contribution < 1.29 is 17.9 Å². The molecule has 1 aromatic rings. The quantitative estimate of drug-likeness (QED) is 0.798. The molecule has 8 heteroatoms. The standard InChI is InChI=1S/C19H29N3O4S/c1-26-18-9-13-22(14-10-18)19(23)15-27(24,25)20-16-5-7-17(8-6-16)21-11-3-2-4-12-21/h5-8,18,20H,2-4,9-15H2,1H3. The van der Waals surface area contributed by atoms with Crippen LogP contribution in [-0.4, -0.2) is 64.4 Å². The summed E-state index contributed by atoms with van der Waals surface area (Å²) in [5.74, 6) is -0.889. The molecule has 2 saturated heterocycles. The molecule has 7 nitrogen and oxygen atoms in total. The highest BCUT2D eigenvalue weighted by atomic mass is 32.2. The van der Waals surface area contributed by atoms with Crippen molar-refractivity contribution in [1.82, 2.24) is 4.90 Å². The van der Waals surface area contributed by atoms with Gasteiger partial charge in [-0.3, -0.25) is 9.52 Å². The number of nitrogens with one attached hydrogen (secondary N) is 1. The van der Waals surface area contributed by atoms with E-state index in [9.17, 15) is 13.2 Å². The molecule has 0 saturated carbocycles. The number of rotatable bonds is 6. The van der Waals surface area contributed by atoms with Crippen LogP contribution >= 0.6 is 0 Å². The van der Waals surface area contributed by atoms with E-state index in [1.165, 1.54) is 19.3 Å². The summed E-state index contributed by atoms with van der Waals surface area (Å²) >= 11 is 0. The average molecular weight is 396 g/mol. The van der Waals surface area contributed by atoms with Crippen LogP contribution in [0.4, 0.5) is 11.4 Å². The smallest absolute Gasteiger partial charge is 0.241 e. The van der Waals surface area contributed by atoms with Crippen LogP contribution in [-0.2, 0) is 19.6 Å². The van der Waals surface area contributed by atoms with Gasteiger partial charge < -0.3 is 14.5 Å². The van der Waals surface area contributed by atoms with Crippen LogP contribution < -0.4 is 9.62 Å². The maximum Gasteiger partial charge on any atom is 0.241 e. The molecule has 0 atom stereocenters. The highest BCUT2D eigenvalue weighted by Crippen LogP contribution is 2.22. The molecule has 150 valence electrons. The Hall–Kier alpha value is -1.80. The number of anilines is 2. The van der Waals surface area contributed by atoms with Crippen molar-refractivity contribution in [3.8, 4) is 0 Å². The van der Waals surface area contributed by atoms with Gasteiger partial charge >= 0.3 is 0 Å². The van der Waals surface area contributed by atoms with Crippen molar-refractivity contribution in [1.29, 1.82) is 0 Å². The average Bonchev–Trinajstić information content (AvgIpc) is 2.68. The van der Waals surface area contributed by atoms with E-state index in [-0.39, 0.29) is 12.0 Å². The van der Waals surface area contributed by atoms with Gasteiger partial charge in [0, 0.05) is 44.7 Å². The summed E-state index contributed by atoms with van der Waals surface area (Å²) in [6.07, 6.45) is 5.30. The third kappa shape index (κ3) is 5.59. The molecular weight excluding hydrogens is 366 g/mol. The summed E-state index contributed by atoms with van der Waals surface area (Å²) in [5, 5.41) is 0. The third-order valence-electron chi connectivity index (χ3n) is 5.30. The Labute approximate surface area is 161 Å². The van der Waals surface area contributed by atoms with Gasteiger partial charge in [0.05, 0.1) is 6.10 Å². The third-order valence-corrected chi connectivity index (χ3v) is 6.48. The van der Waals surface area contributed by atoms with Crippen molar-refractivity contribution in [2.45, 2.75) is 38.2 Å². The van der Waals surface area contributed by atoms with Crippen LogP contribution in [0.3, 0.4) is 0 Å². The summed E-state index contributed by atoms with van der Waals surface area (Å²) in [6, 6.07) is 7.38. The number of likely N-dealkylation sites (tertiary alicyclic amines) is 1. The van der Waals surface area contributed by atoms with Crippen molar-refractivity contribution in [3.05, 3.63) is 24.3 Å². The lowest BCUT2D eigenvalue weighted by molar-refractivity contribution is -0.130. The monoisotopic (exact) mass is 395 g/mol. The summed E-state index contributed by atoms with van der Waals surface area (Å²) in [5.41, 5.74) is 1.59. The number of ether oxygens (including phenoxy) is 1. The molecule has 0 unspecified atom stereocenters. The van der Waals surface area contributed by atoms with E-state index in [0.717, 1.165) is 31.6 Å². The van der Waals surface area contributed by atoms with Crippen LogP contribution in [0.1, 0.15) is 32.1 Å². The molecule has 2 aliphatic heterocycles. The lowest BCUT2D eigenvalue weighted by atomic mass is 10.1. The van der Waals surface area contributed by atoms with Gasteiger partial charge in [-0.25, -0.2) is 8.42 Å². The topological polar surface area (TPSA) is 78.9 Å². The molecule has 2 aliphatic rings. The second kappa shape index (κ2) is 8.93. The lowest BCUT2D eigenvalue weighted by Gasteiger charge is -2.31. The van der Waals surface area contributed by atoms with E-state index in [1.54, 1.807) is 24.1 Å². The summed E-state index contributed by atoms with van der Waals surface area (Å²) in [7, 11) is -2.07. The molecule has 1 amide bonds. The molecule has 0 spiro atoms. The van der Waals surface area contributed by atoms with Crippen molar-refractivity contribution in [2.75, 3.05) is 48.7 Å². The van der Waals surface area contributed by atoms with Crippen LogP contribution in [0.15, 0.2) is 24.3 Å². The Morgan fingerprint density at radius 3 is 2.30 bits per heavy atom. The normalized spacial score (nSPS) is 19.1. The maximum absolute atomic E-state index is 12.4. The van der Waals surface area contributed by atoms with Gasteiger partial charge in [0.1, 0.15) is 5.75 Å². The van der Waals surface area contributed by atoms with Gasteiger partial charge in [-0.2, -0.15) is 0 Å². The van der Waals surface area contributed by atoms with Crippen LogP contribution in [0.25, 0.3) is 0 Å². The van der Waals surface area contributed by atoms with Gasteiger partial charge in [0.2, 0.25) is 15.9 Å².